The number of fused-ring (bicyclic) bond motifs is 1. The minimum Gasteiger partial charge on any atom is -0.493 e. The molecular weight excluding hydrogens is 545 g/mol. The minimum atomic E-state index is -0.815. The van der Waals surface area contributed by atoms with Crippen LogP contribution in [0, 0.1) is 5.92 Å². The fourth-order valence-electron chi connectivity index (χ4n) is 3.72. The third kappa shape index (κ3) is 7.13. The van der Waals surface area contributed by atoms with Crippen molar-refractivity contribution in [2.24, 2.45) is 11.0 Å². The fraction of sp³-hybridized carbons (Fsp3) is 0.250. The van der Waals surface area contributed by atoms with Gasteiger partial charge >= 0.3 is 0 Å². The van der Waals surface area contributed by atoms with Gasteiger partial charge in [-0.05, 0) is 60.0 Å². The maximum atomic E-state index is 12.8. The maximum Gasteiger partial charge on any atom is 0.262 e. The van der Waals surface area contributed by atoms with Crippen molar-refractivity contribution in [3.63, 3.8) is 0 Å². The summed E-state index contributed by atoms with van der Waals surface area (Å²) in [5.74, 6) is 0.985. The van der Waals surface area contributed by atoms with Crippen LogP contribution in [-0.2, 0) is 11.4 Å². The molecule has 2 N–H and O–H groups in total. The van der Waals surface area contributed by atoms with Gasteiger partial charge in [-0.1, -0.05) is 43.1 Å². The zero-order chi connectivity index (χ0) is 27.9. The van der Waals surface area contributed by atoms with Gasteiger partial charge in [0, 0.05) is 21.2 Å². The van der Waals surface area contributed by atoms with Crippen LogP contribution < -0.4 is 29.7 Å². The maximum absolute atomic E-state index is 12.8. The van der Waals surface area contributed by atoms with Crippen molar-refractivity contribution in [1.82, 2.24) is 10.7 Å². The Kier molecular flexibility index (Phi) is 9.16. The van der Waals surface area contributed by atoms with E-state index in [2.05, 4.69) is 15.8 Å². The number of hydrazone groups is 1. The summed E-state index contributed by atoms with van der Waals surface area (Å²) in [7, 11) is 1.52. The molecule has 3 aromatic carbocycles. The first-order valence-electron chi connectivity index (χ1n) is 12.0. The number of nitrogens with one attached hydrogen (secondary N) is 2. The zero-order valence-corrected chi connectivity index (χ0v) is 23.0. The number of benzene rings is 3. The van der Waals surface area contributed by atoms with Crippen LogP contribution in [0.1, 0.15) is 35.3 Å². The monoisotopic (exact) mass is 571 g/mol. The Morgan fingerprint density at radius 1 is 1.03 bits per heavy atom. The van der Waals surface area contributed by atoms with Crippen molar-refractivity contribution >= 4 is 41.2 Å². The number of hydrogen-bond donors (Lipinski definition) is 2. The molecule has 0 aliphatic carbocycles. The molecule has 0 saturated carbocycles. The van der Waals surface area contributed by atoms with Gasteiger partial charge in [-0.2, -0.15) is 5.10 Å². The Hall–Kier alpha value is -3.95. The predicted octanol–water partition coefficient (Wildman–Crippen LogP) is 5.21. The third-order valence-electron chi connectivity index (χ3n) is 5.84. The quantitative estimate of drug-likeness (QED) is 0.255. The van der Waals surface area contributed by atoms with Gasteiger partial charge < -0.3 is 24.3 Å². The normalized spacial score (nSPS) is 12.9. The van der Waals surface area contributed by atoms with Crippen molar-refractivity contribution in [1.29, 1.82) is 0 Å². The summed E-state index contributed by atoms with van der Waals surface area (Å²) < 4.78 is 21.9. The third-order valence-corrected chi connectivity index (χ3v) is 6.43. The first-order chi connectivity index (χ1) is 18.7. The molecule has 11 heteroatoms. The van der Waals surface area contributed by atoms with Gasteiger partial charge in [-0.3, -0.25) is 9.59 Å². The number of ether oxygens (including phenoxy) is 4. The van der Waals surface area contributed by atoms with Crippen LogP contribution in [0.5, 0.6) is 23.0 Å². The zero-order valence-electron chi connectivity index (χ0n) is 21.5. The molecule has 1 heterocycles. The molecule has 204 valence electrons. The minimum absolute atomic E-state index is 0.106. The van der Waals surface area contributed by atoms with Crippen molar-refractivity contribution in [2.75, 3.05) is 13.9 Å². The molecule has 1 unspecified atom stereocenters. The van der Waals surface area contributed by atoms with E-state index in [0.717, 1.165) is 5.56 Å². The molecule has 0 saturated heterocycles. The lowest BCUT2D eigenvalue weighted by atomic mass is 10.0. The number of carbonyl (C=O) groups is 2. The number of hydrogen-bond acceptors (Lipinski definition) is 7. The molecule has 0 fully saturated rings. The smallest absolute Gasteiger partial charge is 0.262 e. The molecule has 0 aromatic heterocycles. The summed E-state index contributed by atoms with van der Waals surface area (Å²) in [5, 5.41) is 7.86. The van der Waals surface area contributed by atoms with Crippen LogP contribution in [0.3, 0.4) is 0 Å². The van der Waals surface area contributed by atoms with Gasteiger partial charge in [0.25, 0.3) is 11.8 Å². The largest absolute Gasteiger partial charge is 0.493 e. The molecule has 2 amide bonds. The van der Waals surface area contributed by atoms with E-state index >= 15 is 0 Å². The second-order valence-corrected chi connectivity index (χ2v) is 9.78. The average molecular weight is 572 g/mol. The fourth-order valence-corrected chi connectivity index (χ4v) is 4.18. The predicted molar refractivity (Wildman–Crippen MR) is 148 cm³/mol. The molecule has 0 radical (unpaired) electrons. The second-order valence-electron chi connectivity index (χ2n) is 8.93. The SMILES string of the molecule is COc1cc(/C=N/NC(=O)C(NC(=O)c2ccc3c(c2)OCO3)C(C)C)ccc1OCc1ccc(Cl)cc1Cl. The van der Waals surface area contributed by atoms with Crippen LogP contribution in [0.4, 0.5) is 0 Å². The summed E-state index contributed by atoms with van der Waals surface area (Å²) >= 11 is 12.2. The van der Waals surface area contributed by atoms with Gasteiger partial charge in [0.1, 0.15) is 12.6 Å². The molecule has 0 spiro atoms. The lowest BCUT2D eigenvalue weighted by Gasteiger charge is -2.20. The molecule has 1 aliphatic rings. The summed E-state index contributed by atoms with van der Waals surface area (Å²) in [5.41, 5.74) is 4.29. The van der Waals surface area contributed by atoms with Gasteiger partial charge in [0.2, 0.25) is 6.79 Å². The van der Waals surface area contributed by atoms with E-state index in [0.29, 0.717) is 44.2 Å². The van der Waals surface area contributed by atoms with Crippen LogP contribution >= 0.6 is 23.2 Å². The average Bonchev–Trinajstić information content (AvgIpc) is 3.39. The van der Waals surface area contributed by atoms with Gasteiger partial charge in [0.15, 0.2) is 23.0 Å². The number of nitrogens with zero attached hydrogens (tertiary/aromatic N) is 1. The molecule has 39 heavy (non-hydrogen) atoms. The summed E-state index contributed by atoms with van der Waals surface area (Å²) in [4.78, 5) is 25.6. The summed E-state index contributed by atoms with van der Waals surface area (Å²) in [6.07, 6.45) is 1.47. The molecule has 3 aromatic rings. The van der Waals surface area contributed by atoms with Crippen molar-refractivity contribution in [2.45, 2.75) is 26.5 Å². The molecule has 1 atom stereocenters. The van der Waals surface area contributed by atoms with Crippen LogP contribution in [0.25, 0.3) is 0 Å². The number of methoxy groups -OCH3 is 1. The van der Waals surface area contributed by atoms with Crippen LogP contribution in [0.15, 0.2) is 59.7 Å². The van der Waals surface area contributed by atoms with Gasteiger partial charge in [0.05, 0.1) is 13.3 Å². The Morgan fingerprint density at radius 3 is 2.56 bits per heavy atom. The number of amides is 2. The molecular formula is C28H27Cl2N3O6. The second kappa shape index (κ2) is 12.7. The Bertz CT molecular complexity index is 1400. The number of halogens is 2. The number of rotatable bonds is 10. The molecule has 9 nitrogen and oxygen atoms in total. The Morgan fingerprint density at radius 2 is 1.82 bits per heavy atom. The standard InChI is InChI=1S/C28H27Cl2N3O6/c1-16(2)26(32-27(34)18-6-9-23-25(11-18)39-15-38-23)28(35)33-31-13-17-4-8-22(24(10-17)36-3)37-14-19-5-7-20(29)12-21(19)30/h4-13,16,26H,14-15H2,1-3H3,(H,32,34)(H,33,35)/b31-13+. The topological polar surface area (TPSA) is 107 Å². The van der Waals surface area contributed by atoms with E-state index in [4.69, 9.17) is 42.1 Å². The van der Waals surface area contributed by atoms with Crippen LogP contribution in [-0.4, -0.2) is 38.0 Å². The molecule has 0 bridgehead atoms. The summed E-state index contributed by atoms with van der Waals surface area (Å²) in [6.45, 7) is 3.99. The van der Waals surface area contributed by atoms with Gasteiger partial charge in [-0.25, -0.2) is 5.43 Å². The van der Waals surface area contributed by atoms with Crippen molar-refractivity contribution in [3.8, 4) is 23.0 Å². The highest BCUT2D eigenvalue weighted by molar-refractivity contribution is 6.35. The Balaban J connectivity index is 1.36. The van der Waals surface area contributed by atoms with Gasteiger partial charge in [-0.15, -0.1) is 0 Å². The van der Waals surface area contributed by atoms with E-state index in [-0.39, 0.29) is 19.3 Å². The molecule has 4 rings (SSSR count). The van der Waals surface area contributed by atoms with Crippen molar-refractivity contribution in [3.05, 3.63) is 81.3 Å². The van der Waals surface area contributed by atoms with E-state index in [1.807, 2.05) is 13.8 Å². The Labute approximate surface area is 236 Å². The van der Waals surface area contributed by atoms with E-state index in [1.54, 1.807) is 54.6 Å². The lowest BCUT2D eigenvalue weighted by molar-refractivity contribution is -0.123. The highest BCUT2D eigenvalue weighted by Crippen LogP contribution is 2.33. The van der Waals surface area contributed by atoms with E-state index < -0.39 is 17.9 Å². The first kappa shape index (κ1) is 28.1. The van der Waals surface area contributed by atoms with E-state index in [1.165, 1.54) is 13.3 Å². The highest BCUT2D eigenvalue weighted by Gasteiger charge is 2.25. The summed E-state index contributed by atoms with van der Waals surface area (Å²) in [6, 6.07) is 14.4. The number of carbonyl (C=O) groups excluding carboxylic acids is 2. The van der Waals surface area contributed by atoms with Crippen LogP contribution in [0.2, 0.25) is 10.0 Å². The lowest BCUT2D eigenvalue weighted by Crippen LogP contribution is -2.48. The van der Waals surface area contributed by atoms with Crippen molar-refractivity contribution < 1.29 is 28.5 Å². The molecule has 1 aliphatic heterocycles. The van der Waals surface area contributed by atoms with E-state index in [9.17, 15) is 9.59 Å². The first-order valence-corrected chi connectivity index (χ1v) is 12.8. The highest BCUT2D eigenvalue weighted by atomic mass is 35.5.